The van der Waals surface area contributed by atoms with Crippen LogP contribution in [0.4, 0.5) is 0 Å². The van der Waals surface area contributed by atoms with Crippen LogP contribution in [-0.2, 0) is 6.54 Å². The lowest BCUT2D eigenvalue weighted by Gasteiger charge is -2.03. The van der Waals surface area contributed by atoms with Crippen molar-refractivity contribution in [2.24, 2.45) is 0 Å². The molecule has 0 amide bonds. The molecule has 1 heterocycles. The Morgan fingerprint density at radius 1 is 1.36 bits per heavy atom. The number of nitrogens with zero attached hydrogens (tertiary/aromatic N) is 2. The monoisotopic (exact) mass is 186 g/mol. The first kappa shape index (κ1) is 8.04. The Morgan fingerprint density at radius 3 is 2.86 bits per heavy atom. The SMILES string of the molecule is CCn1c(C2CC2)nc2ccccc21. The molecule has 0 bridgehead atoms. The van der Waals surface area contributed by atoms with E-state index in [9.17, 15) is 0 Å². The maximum absolute atomic E-state index is 4.71. The van der Waals surface area contributed by atoms with Crippen LogP contribution in [0.5, 0.6) is 0 Å². The van der Waals surface area contributed by atoms with Crippen molar-refractivity contribution in [3.63, 3.8) is 0 Å². The van der Waals surface area contributed by atoms with Crippen molar-refractivity contribution in [1.29, 1.82) is 0 Å². The van der Waals surface area contributed by atoms with Crippen molar-refractivity contribution in [3.8, 4) is 0 Å². The van der Waals surface area contributed by atoms with Gasteiger partial charge in [0.25, 0.3) is 0 Å². The molecule has 1 aliphatic rings. The van der Waals surface area contributed by atoms with Gasteiger partial charge in [0.2, 0.25) is 0 Å². The maximum atomic E-state index is 4.71. The van der Waals surface area contributed by atoms with E-state index in [1.807, 2.05) is 0 Å². The summed E-state index contributed by atoms with van der Waals surface area (Å²) in [6.45, 7) is 3.23. The van der Waals surface area contributed by atoms with E-state index in [1.54, 1.807) is 0 Å². The minimum absolute atomic E-state index is 0.738. The number of rotatable bonds is 2. The van der Waals surface area contributed by atoms with E-state index in [0.29, 0.717) is 0 Å². The molecule has 0 N–H and O–H groups in total. The van der Waals surface area contributed by atoms with Crippen LogP contribution in [0.25, 0.3) is 11.0 Å². The molecule has 72 valence electrons. The van der Waals surface area contributed by atoms with Crippen LogP contribution in [0, 0.1) is 0 Å². The van der Waals surface area contributed by atoms with Crippen molar-refractivity contribution >= 4 is 11.0 Å². The summed E-state index contributed by atoms with van der Waals surface area (Å²) < 4.78 is 2.35. The molecule has 1 fully saturated rings. The topological polar surface area (TPSA) is 17.8 Å². The second-order valence-electron chi connectivity index (χ2n) is 3.98. The predicted octanol–water partition coefficient (Wildman–Crippen LogP) is 2.93. The van der Waals surface area contributed by atoms with Gasteiger partial charge in [0, 0.05) is 12.5 Å². The summed E-state index contributed by atoms with van der Waals surface area (Å²) in [4.78, 5) is 4.71. The third kappa shape index (κ3) is 1.07. The Morgan fingerprint density at radius 2 is 2.14 bits per heavy atom. The van der Waals surface area contributed by atoms with E-state index >= 15 is 0 Å². The first-order valence-corrected chi connectivity index (χ1v) is 5.35. The van der Waals surface area contributed by atoms with Crippen LogP contribution in [0.15, 0.2) is 24.3 Å². The number of aromatic nitrogens is 2. The lowest BCUT2D eigenvalue weighted by Crippen LogP contribution is -1.99. The van der Waals surface area contributed by atoms with Gasteiger partial charge in [-0.3, -0.25) is 0 Å². The Labute approximate surface area is 83.6 Å². The molecule has 2 aromatic rings. The second kappa shape index (κ2) is 2.84. The molecule has 3 rings (SSSR count). The fourth-order valence-corrected chi connectivity index (χ4v) is 2.08. The largest absolute Gasteiger partial charge is 0.328 e. The quantitative estimate of drug-likeness (QED) is 0.705. The summed E-state index contributed by atoms with van der Waals surface area (Å²) in [7, 11) is 0. The molecule has 1 aliphatic carbocycles. The van der Waals surface area contributed by atoms with Gasteiger partial charge < -0.3 is 4.57 Å². The molecule has 0 spiro atoms. The summed E-state index contributed by atoms with van der Waals surface area (Å²) in [6.07, 6.45) is 2.65. The molecule has 0 radical (unpaired) electrons. The van der Waals surface area contributed by atoms with Crippen LogP contribution in [0.1, 0.15) is 31.5 Å². The van der Waals surface area contributed by atoms with E-state index in [0.717, 1.165) is 18.0 Å². The molecule has 0 atom stereocenters. The van der Waals surface area contributed by atoms with Crippen molar-refractivity contribution in [2.75, 3.05) is 0 Å². The van der Waals surface area contributed by atoms with Crippen LogP contribution in [0.2, 0.25) is 0 Å². The lowest BCUT2D eigenvalue weighted by molar-refractivity contribution is 0.720. The number of hydrogen-bond donors (Lipinski definition) is 0. The molecule has 2 heteroatoms. The van der Waals surface area contributed by atoms with Crippen molar-refractivity contribution < 1.29 is 0 Å². The zero-order chi connectivity index (χ0) is 9.54. The molecule has 2 nitrogen and oxygen atoms in total. The third-order valence-electron chi connectivity index (χ3n) is 2.94. The number of fused-ring (bicyclic) bond motifs is 1. The minimum Gasteiger partial charge on any atom is -0.328 e. The predicted molar refractivity (Wildman–Crippen MR) is 57.4 cm³/mol. The van der Waals surface area contributed by atoms with Gasteiger partial charge in [-0.15, -0.1) is 0 Å². The van der Waals surface area contributed by atoms with E-state index in [2.05, 4.69) is 35.8 Å². The molecule has 1 aromatic carbocycles. The molecule has 0 saturated heterocycles. The Bertz CT molecular complexity index is 466. The van der Waals surface area contributed by atoms with Gasteiger partial charge in [-0.2, -0.15) is 0 Å². The van der Waals surface area contributed by atoms with Gasteiger partial charge >= 0.3 is 0 Å². The maximum Gasteiger partial charge on any atom is 0.112 e. The molecule has 0 unspecified atom stereocenters. The van der Waals surface area contributed by atoms with Crippen LogP contribution in [0.3, 0.4) is 0 Å². The van der Waals surface area contributed by atoms with Crippen LogP contribution >= 0.6 is 0 Å². The standard InChI is InChI=1S/C12H14N2/c1-2-14-11-6-4-3-5-10(11)13-12(14)9-7-8-9/h3-6,9H,2,7-8H2,1H3. The van der Waals surface area contributed by atoms with Crippen molar-refractivity contribution in [3.05, 3.63) is 30.1 Å². The van der Waals surface area contributed by atoms with Gasteiger partial charge in [0.15, 0.2) is 0 Å². The van der Waals surface area contributed by atoms with E-state index in [-0.39, 0.29) is 0 Å². The Hall–Kier alpha value is -1.31. The Balaban J connectivity index is 2.28. The number of aryl methyl sites for hydroxylation is 1. The fraction of sp³-hybridized carbons (Fsp3) is 0.417. The van der Waals surface area contributed by atoms with Crippen LogP contribution < -0.4 is 0 Å². The average Bonchev–Trinajstić information content (AvgIpc) is 2.99. The van der Waals surface area contributed by atoms with Crippen molar-refractivity contribution in [1.82, 2.24) is 9.55 Å². The zero-order valence-electron chi connectivity index (χ0n) is 8.40. The molecule has 1 aromatic heterocycles. The number of hydrogen-bond acceptors (Lipinski definition) is 1. The first-order chi connectivity index (χ1) is 6.90. The fourth-order valence-electron chi connectivity index (χ4n) is 2.08. The molecular weight excluding hydrogens is 172 g/mol. The smallest absolute Gasteiger partial charge is 0.112 e. The second-order valence-corrected chi connectivity index (χ2v) is 3.98. The highest BCUT2D eigenvalue weighted by atomic mass is 15.1. The summed E-state index contributed by atoms with van der Waals surface area (Å²) >= 11 is 0. The number of benzene rings is 1. The van der Waals surface area contributed by atoms with Gasteiger partial charge in [-0.1, -0.05) is 12.1 Å². The highest BCUT2D eigenvalue weighted by molar-refractivity contribution is 5.76. The highest BCUT2D eigenvalue weighted by Gasteiger charge is 2.28. The first-order valence-electron chi connectivity index (χ1n) is 5.35. The number of imidazole rings is 1. The number of para-hydroxylation sites is 2. The van der Waals surface area contributed by atoms with Crippen LogP contribution in [-0.4, -0.2) is 9.55 Å². The lowest BCUT2D eigenvalue weighted by atomic mass is 10.3. The normalized spacial score (nSPS) is 16.4. The zero-order valence-corrected chi connectivity index (χ0v) is 8.40. The van der Waals surface area contributed by atoms with Gasteiger partial charge in [0.1, 0.15) is 5.82 Å². The third-order valence-corrected chi connectivity index (χ3v) is 2.94. The van der Waals surface area contributed by atoms with Gasteiger partial charge in [-0.05, 0) is 31.9 Å². The Kier molecular flexibility index (Phi) is 1.63. The van der Waals surface area contributed by atoms with Crippen molar-refractivity contribution in [2.45, 2.75) is 32.2 Å². The van der Waals surface area contributed by atoms with Gasteiger partial charge in [-0.25, -0.2) is 4.98 Å². The molecular formula is C12H14N2. The van der Waals surface area contributed by atoms with Gasteiger partial charge in [0.05, 0.1) is 11.0 Å². The minimum atomic E-state index is 0.738. The average molecular weight is 186 g/mol. The summed E-state index contributed by atoms with van der Waals surface area (Å²) in [5.74, 6) is 2.04. The van der Waals surface area contributed by atoms with E-state index in [1.165, 1.54) is 24.2 Å². The van der Waals surface area contributed by atoms with E-state index in [4.69, 9.17) is 4.98 Å². The molecule has 1 saturated carbocycles. The summed E-state index contributed by atoms with van der Waals surface area (Å²) in [5, 5.41) is 0. The van der Waals surface area contributed by atoms with E-state index < -0.39 is 0 Å². The molecule has 0 aliphatic heterocycles. The summed E-state index contributed by atoms with van der Waals surface area (Å²) in [6, 6.07) is 8.42. The highest BCUT2D eigenvalue weighted by Crippen LogP contribution is 2.40. The molecule has 14 heavy (non-hydrogen) atoms. The summed E-state index contributed by atoms with van der Waals surface area (Å²) in [5.41, 5.74) is 2.44.